The minimum atomic E-state index is -0.291. The van der Waals surface area contributed by atoms with E-state index >= 15 is 0 Å². The molecule has 0 aromatic carbocycles. The molecule has 5 heteroatoms. The number of aromatic amines is 2. The number of nitrogens with one attached hydrogen (secondary N) is 3. The lowest BCUT2D eigenvalue weighted by Crippen LogP contribution is -2.22. The topological polar surface area (TPSA) is 77.8 Å². The molecule has 0 saturated carbocycles. The minimum Gasteiger partial charge on any atom is -0.350 e. The van der Waals surface area contributed by atoms with E-state index in [0.717, 1.165) is 0 Å². The first-order valence-corrected chi connectivity index (χ1v) is 3.69. The first kappa shape index (κ1) is 9.13. The summed E-state index contributed by atoms with van der Waals surface area (Å²) >= 11 is 0. The molecule has 3 N–H and O–H groups in total. The van der Waals surface area contributed by atoms with Crippen LogP contribution in [0.15, 0.2) is 11.0 Å². The highest BCUT2D eigenvalue weighted by Crippen LogP contribution is 1.86. The van der Waals surface area contributed by atoms with Gasteiger partial charge >= 0.3 is 5.69 Å². The van der Waals surface area contributed by atoms with Crippen molar-refractivity contribution in [1.29, 1.82) is 0 Å². The summed E-state index contributed by atoms with van der Waals surface area (Å²) in [5, 5.41) is 2.54. The van der Waals surface area contributed by atoms with E-state index in [9.17, 15) is 9.59 Å². The average Bonchev–Trinajstić information content (AvgIpc) is 2.49. The molecule has 0 spiro atoms. The van der Waals surface area contributed by atoms with Crippen molar-refractivity contribution < 1.29 is 4.79 Å². The smallest absolute Gasteiger partial charge is 0.323 e. The highest BCUT2D eigenvalue weighted by molar-refractivity contribution is 5.78. The number of hydrogen-bond donors (Lipinski definition) is 3. The molecule has 5 nitrogen and oxygen atoms in total. The summed E-state index contributed by atoms with van der Waals surface area (Å²) < 4.78 is 0. The lowest BCUT2D eigenvalue weighted by atomic mass is 10.4. The standard InChI is InChI=1S/C8H9N3O2/c1-2-3-7(12)9-4-6-5-10-8(13)11-6/h1,5H,3-4H2,(H,9,12)(H2,10,11,13). The van der Waals surface area contributed by atoms with Gasteiger partial charge in [-0.15, -0.1) is 6.42 Å². The van der Waals surface area contributed by atoms with Gasteiger partial charge in [-0.3, -0.25) is 4.79 Å². The Hall–Kier alpha value is -1.96. The largest absolute Gasteiger partial charge is 0.350 e. The van der Waals surface area contributed by atoms with Crippen LogP contribution in [0, 0.1) is 12.3 Å². The van der Waals surface area contributed by atoms with Crippen molar-refractivity contribution in [3.05, 3.63) is 22.4 Å². The Morgan fingerprint density at radius 3 is 3.00 bits per heavy atom. The van der Waals surface area contributed by atoms with Crippen LogP contribution < -0.4 is 11.0 Å². The van der Waals surface area contributed by atoms with E-state index in [1.165, 1.54) is 6.20 Å². The third-order valence-electron chi connectivity index (χ3n) is 1.39. The van der Waals surface area contributed by atoms with Gasteiger partial charge in [0.2, 0.25) is 5.91 Å². The van der Waals surface area contributed by atoms with Gasteiger partial charge in [0.1, 0.15) is 0 Å². The van der Waals surface area contributed by atoms with E-state index < -0.39 is 0 Å². The molecule has 13 heavy (non-hydrogen) atoms. The molecule has 0 radical (unpaired) electrons. The Kier molecular flexibility index (Phi) is 2.92. The van der Waals surface area contributed by atoms with Crippen LogP contribution in [-0.4, -0.2) is 15.9 Å². The number of imidazole rings is 1. The highest BCUT2D eigenvalue weighted by Gasteiger charge is 1.99. The normalized spacial score (nSPS) is 9.15. The number of hydrogen-bond acceptors (Lipinski definition) is 2. The number of carbonyl (C=O) groups excluding carboxylic acids is 1. The van der Waals surface area contributed by atoms with E-state index in [-0.39, 0.29) is 24.6 Å². The first-order chi connectivity index (χ1) is 6.22. The van der Waals surface area contributed by atoms with Gasteiger partial charge < -0.3 is 15.3 Å². The number of H-pyrrole nitrogens is 2. The third-order valence-corrected chi connectivity index (χ3v) is 1.39. The molecular weight excluding hydrogens is 170 g/mol. The molecular formula is C8H9N3O2. The molecule has 0 bridgehead atoms. The van der Waals surface area contributed by atoms with Crippen molar-refractivity contribution in [3.8, 4) is 12.3 Å². The van der Waals surface area contributed by atoms with Crippen LogP contribution in [0.5, 0.6) is 0 Å². The fourth-order valence-corrected chi connectivity index (χ4v) is 0.815. The summed E-state index contributed by atoms with van der Waals surface area (Å²) in [6, 6.07) is 0. The van der Waals surface area contributed by atoms with Crippen molar-refractivity contribution in [3.63, 3.8) is 0 Å². The zero-order valence-electron chi connectivity index (χ0n) is 6.89. The lowest BCUT2D eigenvalue weighted by molar-refractivity contribution is -0.120. The predicted molar refractivity (Wildman–Crippen MR) is 46.7 cm³/mol. The van der Waals surface area contributed by atoms with Crippen LogP contribution in [0.4, 0.5) is 0 Å². The van der Waals surface area contributed by atoms with Crippen LogP contribution in [0.1, 0.15) is 12.1 Å². The summed E-state index contributed by atoms with van der Waals surface area (Å²) in [6.07, 6.45) is 6.48. The minimum absolute atomic E-state index is 0.0503. The maximum Gasteiger partial charge on any atom is 0.323 e. The maximum absolute atomic E-state index is 10.9. The van der Waals surface area contributed by atoms with Gasteiger partial charge in [0.05, 0.1) is 18.7 Å². The van der Waals surface area contributed by atoms with E-state index in [1.54, 1.807) is 0 Å². The second kappa shape index (κ2) is 4.16. The van der Waals surface area contributed by atoms with Crippen LogP contribution in [0.2, 0.25) is 0 Å². The summed E-state index contributed by atoms with van der Waals surface area (Å²) in [7, 11) is 0. The molecule has 0 saturated heterocycles. The SMILES string of the molecule is C#CCC(=O)NCc1c[nH]c(=O)[nH]1. The molecule has 1 amide bonds. The highest BCUT2D eigenvalue weighted by atomic mass is 16.2. The molecule has 1 aromatic heterocycles. The second-order valence-electron chi connectivity index (χ2n) is 2.43. The quantitative estimate of drug-likeness (QED) is 0.539. The summed E-state index contributed by atoms with van der Waals surface area (Å²) in [6.45, 7) is 0.277. The van der Waals surface area contributed by atoms with Gasteiger partial charge in [0, 0.05) is 6.20 Å². The van der Waals surface area contributed by atoms with Crippen molar-refractivity contribution in [2.75, 3.05) is 0 Å². The molecule has 1 aromatic rings. The fourth-order valence-electron chi connectivity index (χ4n) is 0.815. The molecule has 1 heterocycles. The number of terminal acetylenes is 1. The monoisotopic (exact) mass is 179 g/mol. The summed E-state index contributed by atoms with van der Waals surface area (Å²) in [4.78, 5) is 26.4. The Balaban J connectivity index is 2.40. The third kappa shape index (κ3) is 2.87. The summed E-state index contributed by atoms with van der Waals surface area (Å²) in [5.74, 6) is 1.99. The molecule has 0 atom stereocenters. The van der Waals surface area contributed by atoms with Gasteiger partial charge in [-0.25, -0.2) is 4.79 Å². The van der Waals surface area contributed by atoms with Gasteiger partial charge in [-0.2, -0.15) is 0 Å². The lowest BCUT2D eigenvalue weighted by Gasteiger charge is -1.98. The fraction of sp³-hybridized carbons (Fsp3) is 0.250. The van der Waals surface area contributed by atoms with Crippen LogP contribution in [0.25, 0.3) is 0 Å². The van der Waals surface area contributed by atoms with Crippen molar-refractivity contribution in [2.45, 2.75) is 13.0 Å². The van der Waals surface area contributed by atoms with Gasteiger partial charge in [-0.1, -0.05) is 5.92 Å². The molecule has 0 aliphatic rings. The number of amides is 1. The number of aromatic nitrogens is 2. The van der Waals surface area contributed by atoms with Crippen LogP contribution >= 0.6 is 0 Å². The molecule has 68 valence electrons. The Morgan fingerprint density at radius 1 is 1.69 bits per heavy atom. The van der Waals surface area contributed by atoms with Gasteiger partial charge in [0.15, 0.2) is 0 Å². The van der Waals surface area contributed by atoms with Gasteiger partial charge in [0.25, 0.3) is 0 Å². The first-order valence-electron chi connectivity index (χ1n) is 3.69. The van der Waals surface area contributed by atoms with E-state index in [2.05, 4.69) is 21.2 Å². The molecule has 1 rings (SSSR count). The predicted octanol–water partition coefficient (Wildman–Crippen LogP) is -0.658. The Bertz CT molecular complexity index is 383. The zero-order valence-corrected chi connectivity index (χ0v) is 6.89. The van der Waals surface area contributed by atoms with Crippen molar-refractivity contribution in [2.24, 2.45) is 0 Å². The number of rotatable bonds is 3. The molecule has 0 fully saturated rings. The molecule has 0 unspecified atom stereocenters. The average molecular weight is 179 g/mol. The van der Waals surface area contributed by atoms with E-state index in [0.29, 0.717) is 5.69 Å². The van der Waals surface area contributed by atoms with Crippen LogP contribution in [0.3, 0.4) is 0 Å². The van der Waals surface area contributed by atoms with E-state index in [4.69, 9.17) is 6.42 Å². The molecule has 0 aliphatic heterocycles. The van der Waals surface area contributed by atoms with E-state index in [1.807, 2.05) is 0 Å². The number of carbonyl (C=O) groups is 1. The van der Waals surface area contributed by atoms with Crippen LogP contribution in [-0.2, 0) is 11.3 Å². The van der Waals surface area contributed by atoms with Crippen molar-refractivity contribution >= 4 is 5.91 Å². The summed E-state index contributed by atoms with van der Waals surface area (Å²) in [5.41, 5.74) is 0.330. The Labute approximate surface area is 74.6 Å². The van der Waals surface area contributed by atoms with Crippen molar-refractivity contribution in [1.82, 2.24) is 15.3 Å². The maximum atomic E-state index is 10.9. The van der Waals surface area contributed by atoms with Gasteiger partial charge in [-0.05, 0) is 0 Å². The Morgan fingerprint density at radius 2 is 2.46 bits per heavy atom. The second-order valence-corrected chi connectivity index (χ2v) is 2.43. The molecule has 0 aliphatic carbocycles. The zero-order chi connectivity index (χ0) is 9.68.